The second-order valence-electron chi connectivity index (χ2n) is 0.827. The standard InChI is InChI=1S/CH4OS7/c1-2-7(3)9(6)8(4)5/h7H,1H3. The molecule has 0 bridgehead atoms. The van der Waals surface area contributed by atoms with Gasteiger partial charge in [0.05, 0.1) is 7.11 Å². The molecule has 0 radical (unpaired) electrons. The van der Waals surface area contributed by atoms with E-state index < -0.39 is 21.4 Å². The molecule has 0 N–H and O–H groups in total. The maximum atomic E-state index is 4.91. The van der Waals surface area contributed by atoms with Crippen LogP contribution in [0.15, 0.2) is 0 Å². The molecule has 0 saturated carbocycles. The average molecular weight is 257 g/mol. The van der Waals surface area contributed by atoms with Crippen LogP contribution in [0.4, 0.5) is 0 Å². The van der Waals surface area contributed by atoms with Gasteiger partial charge in [0.2, 0.25) is 0 Å². The van der Waals surface area contributed by atoms with E-state index in [-0.39, 0.29) is 0 Å². The molecule has 0 aliphatic heterocycles. The normalized spacial score (nSPS) is 12.6. The smallest absolute Gasteiger partial charge is 0.0506 e. The maximum absolute atomic E-state index is 4.91. The topological polar surface area (TPSA) is 9.23 Å². The van der Waals surface area contributed by atoms with Gasteiger partial charge in [-0.05, 0) is 57.9 Å². The molecule has 0 rings (SSSR count). The fraction of sp³-hybridized carbons (Fsp3) is 1.00. The van der Waals surface area contributed by atoms with Crippen LogP contribution in [0.3, 0.4) is 0 Å². The van der Waals surface area contributed by atoms with Gasteiger partial charge in [0.25, 0.3) is 0 Å². The third-order valence-electron chi connectivity index (χ3n) is 0.387. The van der Waals surface area contributed by atoms with Gasteiger partial charge in [-0.2, -0.15) is 0 Å². The van der Waals surface area contributed by atoms with Gasteiger partial charge in [-0.3, -0.25) is 0 Å². The third-order valence-corrected chi connectivity index (χ3v) is 17.3. The Morgan fingerprint density at radius 1 is 1.33 bits per heavy atom. The lowest BCUT2D eigenvalue weighted by atomic mass is 11.8. The summed E-state index contributed by atoms with van der Waals surface area (Å²) in [5.41, 5.74) is 0. The van der Waals surface area contributed by atoms with E-state index in [0.29, 0.717) is 0 Å². The van der Waals surface area contributed by atoms with Gasteiger partial charge in [-0.1, -0.05) is 0 Å². The molecule has 0 aromatic rings. The molecule has 0 fully saturated rings. The molecule has 56 valence electrons. The Labute approximate surface area is 76.7 Å². The van der Waals surface area contributed by atoms with E-state index in [0.717, 1.165) is 0 Å². The van der Waals surface area contributed by atoms with Crippen molar-refractivity contribution in [1.29, 1.82) is 0 Å². The van der Waals surface area contributed by atoms with E-state index >= 15 is 0 Å². The van der Waals surface area contributed by atoms with Gasteiger partial charge >= 0.3 is 0 Å². The highest BCUT2D eigenvalue weighted by Crippen LogP contribution is 1.68. The number of rotatable bonds is 1. The van der Waals surface area contributed by atoms with Crippen LogP contribution in [-0.4, -0.2) is 7.11 Å². The van der Waals surface area contributed by atoms with Gasteiger partial charge in [0.1, 0.15) is 0 Å². The Morgan fingerprint density at radius 3 is 1.89 bits per heavy atom. The highest BCUT2D eigenvalue weighted by molar-refractivity contribution is 8.84. The predicted molar refractivity (Wildman–Crippen MR) is 60.0 cm³/mol. The van der Waals surface area contributed by atoms with E-state index in [1.54, 1.807) is 7.11 Å². The van der Waals surface area contributed by atoms with Crippen molar-refractivity contribution in [3.8, 4) is 0 Å². The molecule has 0 saturated heterocycles. The summed E-state index contributed by atoms with van der Waals surface area (Å²) in [6, 6.07) is 0. The molecule has 0 amide bonds. The van der Waals surface area contributed by atoms with Crippen LogP contribution in [0.2, 0.25) is 0 Å². The first-order valence-corrected chi connectivity index (χ1v) is 10.2. The molecule has 0 heterocycles. The van der Waals surface area contributed by atoms with Gasteiger partial charge in [-0.15, -0.1) is 0 Å². The van der Waals surface area contributed by atoms with Gasteiger partial charge in [0, 0.05) is 8.29 Å². The lowest BCUT2D eigenvalue weighted by molar-refractivity contribution is 0.494. The summed E-state index contributed by atoms with van der Waals surface area (Å²) >= 11 is 19.3. The number of hydrogen-bond acceptors (Lipinski definition) is 5. The molecular weight excluding hydrogens is 252 g/mol. The van der Waals surface area contributed by atoms with Crippen LogP contribution >= 0.6 is 0 Å². The highest BCUT2D eigenvalue weighted by atomic mass is 33.5. The zero-order chi connectivity index (χ0) is 7.44. The van der Waals surface area contributed by atoms with Crippen LogP contribution in [-0.2, 0) is 70.4 Å². The Kier molecular flexibility index (Phi) is 6.26. The first kappa shape index (κ1) is 10.6. The summed E-state index contributed by atoms with van der Waals surface area (Å²) < 4.78 is 4.83. The van der Waals surface area contributed by atoms with Crippen LogP contribution in [0.1, 0.15) is 0 Å². The zero-order valence-electron chi connectivity index (χ0n) is 4.30. The third kappa shape index (κ3) is 4.14. The van der Waals surface area contributed by atoms with Crippen LogP contribution in [0.25, 0.3) is 0 Å². The van der Waals surface area contributed by atoms with E-state index in [4.69, 9.17) is 48.9 Å². The lowest BCUT2D eigenvalue weighted by Gasteiger charge is -1.80. The van der Waals surface area contributed by atoms with Crippen molar-refractivity contribution in [2.75, 3.05) is 7.11 Å². The summed E-state index contributed by atoms with van der Waals surface area (Å²) in [5, 5.41) is 0. The Morgan fingerprint density at radius 2 is 1.78 bits per heavy atom. The molecule has 1 nitrogen and oxygen atoms in total. The molecule has 8 heteroatoms. The van der Waals surface area contributed by atoms with Gasteiger partial charge < -0.3 is 4.18 Å². The molecule has 0 spiro atoms. The van der Waals surface area contributed by atoms with Crippen molar-refractivity contribution in [3.05, 3.63) is 0 Å². The second-order valence-corrected chi connectivity index (χ2v) is 15.3. The van der Waals surface area contributed by atoms with Crippen molar-refractivity contribution in [3.63, 3.8) is 0 Å². The molecule has 0 aromatic heterocycles. The van der Waals surface area contributed by atoms with Crippen LogP contribution in [0.5, 0.6) is 0 Å². The molecule has 0 aromatic carbocycles. The Balaban J connectivity index is 5.89. The molecular formula is CH4OS7. The number of thiol groups is 1. The lowest BCUT2D eigenvalue weighted by Crippen LogP contribution is -1.75. The Hall–Kier alpha value is 1.63. The summed E-state index contributed by atoms with van der Waals surface area (Å²) in [7, 11) is 0.595. The first-order chi connectivity index (χ1) is 4.09. The fourth-order valence-corrected chi connectivity index (χ4v) is 9.69. The van der Waals surface area contributed by atoms with E-state index in [1.165, 1.54) is 0 Å². The van der Waals surface area contributed by atoms with Gasteiger partial charge in [-0.25, -0.2) is 0 Å². The zero-order valence-corrected chi connectivity index (χ0v) is 10.1. The summed E-state index contributed by atoms with van der Waals surface area (Å²) in [4.78, 5) is 0. The summed E-state index contributed by atoms with van der Waals surface area (Å²) in [6.45, 7) is -1.05. The van der Waals surface area contributed by atoms with Crippen molar-refractivity contribution < 1.29 is 4.18 Å². The van der Waals surface area contributed by atoms with Crippen LogP contribution in [0, 0.1) is 0 Å². The summed E-state index contributed by atoms with van der Waals surface area (Å²) in [6.07, 6.45) is 0. The first-order valence-electron chi connectivity index (χ1n) is 1.62. The minimum atomic E-state index is -0.949. The van der Waals surface area contributed by atoms with E-state index in [2.05, 4.69) is 0 Å². The molecule has 9 heavy (non-hydrogen) atoms. The average Bonchev–Trinajstić information content (AvgIpc) is 1.84. The molecule has 0 aliphatic carbocycles. The molecule has 1 unspecified atom stereocenters. The van der Waals surface area contributed by atoms with Crippen molar-refractivity contribution >= 4 is 66.2 Å². The van der Waals surface area contributed by atoms with Crippen molar-refractivity contribution in [1.82, 2.24) is 0 Å². The number of hydrogen-bond donors (Lipinski definition) is 1. The van der Waals surface area contributed by atoms with Crippen molar-refractivity contribution in [2.45, 2.75) is 0 Å². The molecule has 0 aliphatic rings. The van der Waals surface area contributed by atoms with Crippen LogP contribution < -0.4 is 0 Å². The monoisotopic (exact) mass is 256 g/mol. The van der Waals surface area contributed by atoms with Gasteiger partial charge in [0.15, 0.2) is 0 Å². The van der Waals surface area contributed by atoms with E-state index in [1.807, 2.05) is 0 Å². The molecule has 1 atom stereocenters. The minimum Gasteiger partial charge on any atom is -0.316 e. The Bertz CT molecular complexity index is 351. The predicted octanol–water partition coefficient (Wildman–Crippen LogP) is -0.187. The minimum absolute atomic E-state index is 0.468. The second kappa shape index (κ2) is 5.30. The summed E-state index contributed by atoms with van der Waals surface area (Å²) in [5.74, 6) is 0. The highest BCUT2D eigenvalue weighted by Gasteiger charge is 1.64. The maximum Gasteiger partial charge on any atom is 0.0506 e. The SMILES string of the molecule is CO[SH](=S)=S(=S)=S(=S)=S. The largest absolute Gasteiger partial charge is 0.316 e. The quantitative estimate of drug-likeness (QED) is 0.650. The fourth-order valence-electron chi connectivity index (χ4n) is 0.111. The van der Waals surface area contributed by atoms with Crippen molar-refractivity contribution in [2.24, 2.45) is 0 Å². The van der Waals surface area contributed by atoms with E-state index in [9.17, 15) is 0 Å².